The van der Waals surface area contributed by atoms with Gasteiger partial charge in [-0.1, -0.05) is 30.3 Å². The van der Waals surface area contributed by atoms with Gasteiger partial charge in [0, 0.05) is 19.8 Å². The molecule has 1 aromatic carbocycles. The zero-order chi connectivity index (χ0) is 16.1. The molecule has 1 saturated heterocycles. The SMILES string of the molecule is O=S(=O)(NCC1CCC(c2ccccc2)CC1)C1CCOCC1. The third-order valence-electron chi connectivity index (χ3n) is 5.30. The summed E-state index contributed by atoms with van der Waals surface area (Å²) in [5.74, 6) is 1.11. The van der Waals surface area contributed by atoms with Crippen molar-refractivity contribution in [1.29, 1.82) is 0 Å². The Hall–Kier alpha value is -0.910. The fraction of sp³-hybridized carbons (Fsp3) is 0.667. The number of hydrogen-bond donors (Lipinski definition) is 1. The lowest BCUT2D eigenvalue weighted by Gasteiger charge is -2.30. The first-order chi connectivity index (χ1) is 11.1. The van der Waals surface area contributed by atoms with Crippen molar-refractivity contribution in [3.05, 3.63) is 35.9 Å². The predicted octanol–water partition coefficient (Wildman–Crippen LogP) is 3.06. The smallest absolute Gasteiger partial charge is 0.214 e. The van der Waals surface area contributed by atoms with Crippen LogP contribution in [0.2, 0.25) is 0 Å². The van der Waals surface area contributed by atoms with Crippen LogP contribution in [-0.4, -0.2) is 33.4 Å². The van der Waals surface area contributed by atoms with Crippen LogP contribution in [-0.2, 0) is 14.8 Å². The summed E-state index contributed by atoms with van der Waals surface area (Å²) in [6, 6.07) is 10.7. The van der Waals surface area contributed by atoms with Gasteiger partial charge in [0.25, 0.3) is 0 Å². The quantitative estimate of drug-likeness (QED) is 0.898. The maximum absolute atomic E-state index is 12.3. The molecule has 0 aromatic heterocycles. The van der Waals surface area contributed by atoms with Crippen molar-refractivity contribution in [3.63, 3.8) is 0 Å². The fourth-order valence-electron chi connectivity index (χ4n) is 3.76. The molecular formula is C18H27NO3S. The average Bonchev–Trinajstić information content (AvgIpc) is 2.62. The molecule has 0 spiro atoms. The van der Waals surface area contributed by atoms with E-state index in [0.717, 1.165) is 25.7 Å². The second kappa shape index (κ2) is 7.77. The molecule has 4 nitrogen and oxygen atoms in total. The molecular weight excluding hydrogens is 310 g/mol. The summed E-state index contributed by atoms with van der Waals surface area (Å²) >= 11 is 0. The maximum Gasteiger partial charge on any atom is 0.214 e. The number of nitrogens with one attached hydrogen (secondary N) is 1. The van der Waals surface area contributed by atoms with Crippen LogP contribution in [0.4, 0.5) is 0 Å². The average molecular weight is 337 g/mol. The van der Waals surface area contributed by atoms with Gasteiger partial charge >= 0.3 is 0 Å². The Morgan fingerprint density at radius 3 is 2.26 bits per heavy atom. The minimum absolute atomic E-state index is 0.267. The largest absolute Gasteiger partial charge is 0.381 e. The third-order valence-corrected chi connectivity index (χ3v) is 7.22. The first kappa shape index (κ1) is 16.9. The van der Waals surface area contributed by atoms with E-state index in [9.17, 15) is 8.42 Å². The third kappa shape index (κ3) is 4.55. The lowest BCUT2D eigenvalue weighted by Crippen LogP contribution is -2.40. The van der Waals surface area contributed by atoms with Gasteiger partial charge in [-0.05, 0) is 55.9 Å². The normalized spacial score (nSPS) is 27.0. The van der Waals surface area contributed by atoms with Crippen molar-refractivity contribution in [2.24, 2.45) is 5.92 Å². The molecule has 0 unspecified atom stereocenters. The summed E-state index contributed by atoms with van der Waals surface area (Å²) in [6.45, 7) is 1.72. The first-order valence-corrected chi connectivity index (χ1v) is 10.3. The number of ether oxygens (including phenoxy) is 1. The van der Waals surface area contributed by atoms with Crippen molar-refractivity contribution in [1.82, 2.24) is 4.72 Å². The van der Waals surface area contributed by atoms with Gasteiger partial charge in [0.1, 0.15) is 0 Å². The van der Waals surface area contributed by atoms with E-state index in [1.807, 2.05) is 0 Å². The van der Waals surface area contributed by atoms with Gasteiger partial charge in [-0.25, -0.2) is 13.1 Å². The molecule has 1 aliphatic heterocycles. The lowest BCUT2D eigenvalue weighted by molar-refractivity contribution is 0.0981. The molecule has 0 radical (unpaired) electrons. The Kier molecular flexibility index (Phi) is 5.72. The molecule has 1 aromatic rings. The molecule has 0 amide bonds. The number of rotatable bonds is 5. The van der Waals surface area contributed by atoms with Gasteiger partial charge in [0.05, 0.1) is 5.25 Å². The van der Waals surface area contributed by atoms with Crippen LogP contribution in [0.1, 0.15) is 50.0 Å². The van der Waals surface area contributed by atoms with E-state index in [1.54, 1.807) is 0 Å². The topological polar surface area (TPSA) is 55.4 Å². The summed E-state index contributed by atoms with van der Waals surface area (Å²) in [5, 5.41) is -0.267. The standard InChI is InChI=1S/C18H27NO3S/c20-23(21,18-10-12-22-13-11-18)19-14-15-6-8-17(9-7-15)16-4-2-1-3-5-16/h1-5,15,17-19H,6-14H2. The molecule has 1 saturated carbocycles. The van der Waals surface area contributed by atoms with Crippen LogP contribution in [0, 0.1) is 5.92 Å². The van der Waals surface area contributed by atoms with Crippen LogP contribution >= 0.6 is 0 Å². The highest BCUT2D eigenvalue weighted by molar-refractivity contribution is 7.90. The van der Waals surface area contributed by atoms with Crippen LogP contribution in [0.3, 0.4) is 0 Å². The Morgan fingerprint density at radius 1 is 0.957 bits per heavy atom. The minimum Gasteiger partial charge on any atom is -0.381 e. The van der Waals surface area contributed by atoms with E-state index in [-0.39, 0.29) is 5.25 Å². The second-order valence-corrected chi connectivity index (χ2v) is 8.88. The van der Waals surface area contributed by atoms with Crippen LogP contribution in [0.5, 0.6) is 0 Å². The van der Waals surface area contributed by atoms with E-state index in [4.69, 9.17) is 4.74 Å². The molecule has 1 heterocycles. The zero-order valence-corrected chi connectivity index (χ0v) is 14.4. The van der Waals surface area contributed by atoms with E-state index in [0.29, 0.717) is 44.4 Å². The Bertz CT molecular complexity index is 574. The van der Waals surface area contributed by atoms with Gasteiger partial charge in [-0.3, -0.25) is 0 Å². The van der Waals surface area contributed by atoms with Gasteiger partial charge < -0.3 is 4.74 Å². The lowest BCUT2D eigenvalue weighted by atomic mass is 9.79. The number of benzene rings is 1. The predicted molar refractivity (Wildman–Crippen MR) is 91.9 cm³/mol. The van der Waals surface area contributed by atoms with Crippen molar-refractivity contribution >= 4 is 10.0 Å². The van der Waals surface area contributed by atoms with Crippen molar-refractivity contribution in [2.75, 3.05) is 19.8 Å². The summed E-state index contributed by atoms with van der Waals surface area (Å²) in [7, 11) is -3.18. The van der Waals surface area contributed by atoms with Gasteiger partial charge in [-0.15, -0.1) is 0 Å². The van der Waals surface area contributed by atoms with Crippen molar-refractivity contribution in [3.8, 4) is 0 Å². The highest BCUT2D eigenvalue weighted by atomic mass is 32.2. The van der Waals surface area contributed by atoms with Crippen LogP contribution < -0.4 is 4.72 Å². The molecule has 1 aliphatic carbocycles. The fourth-order valence-corrected chi connectivity index (χ4v) is 5.28. The second-order valence-electron chi connectivity index (χ2n) is 6.83. The molecule has 2 aliphatic rings. The maximum atomic E-state index is 12.3. The highest BCUT2D eigenvalue weighted by Gasteiger charge is 2.29. The Morgan fingerprint density at radius 2 is 1.61 bits per heavy atom. The molecule has 3 rings (SSSR count). The van der Waals surface area contributed by atoms with Crippen molar-refractivity contribution < 1.29 is 13.2 Å². The highest BCUT2D eigenvalue weighted by Crippen LogP contribution is 2.35. The van der Waals surface area contributed by atoms with E-state index in [1.165, 1.54) is 5.56 Å². The number of hydrogen-bond acceptors (Lipinski definition) is 3. The molecule has 2 fully saturated rings. The molecule has 128 valence electrons. The summed E-state index contributed by atoms with van der Waals surface area (Å²) in [4.78, 5) is 0. The molecule has 5 heteroatoms. The molecule has 23 heavy (non-hydrogen) atoms. The molecule has 0 atom stereocenters. The van der Waals surface area contributed by atoms with Crippen LogP contribution in [0.15, 0.2) is 30.3 Å². The summed E-state index contributed by atoms with van der Waals surface area (Å²) in [6.07, 6.45) is 5.78. The first-order valence-electron chi connectivity index (χ1n) is 8.76. The minimum atomic E-state index is -3.18. The van der Waals surface area contributed by atoms with Gasteiger partial charge in [0.15, 0.2) is 0 Å². The summed E-state index contributed by atoms with van der Waals surface area (Å²) in [5.41, 5.74) is 1.42. The Labute approximate surface area is 139 Å². The summed E-state index contributed by atoms with van der Waals surface area (Å²) < 4.78 is 32.8. The number of sulfonamides is 1. The Balaban J connectivity index is 1.45. The van der Waals surface area contributed by atoms with Gasteiger partial charge in [-0.2, -0.15) is 0 Å². The van der Waals surface area contributed by atoms with Gasteiger partial charge in [0.2, 0.25) is 10.0 Å². The molecule has 0 bridgehead atoms. The van der Waals surface area contributed by atoms with Crippen LogP contribution in [0.25, 0.3) is 0 Å². The van der Waals surface area contributed by atoms with E-state index >= 15 is 0 Å². The monoisotopic (exact) mass is 337 g/mol. The zero-order valence-electron chi connectivity index (χ0n) is 13.6. The van der Waals surface area contributed by atoms with E-state index < -0.39 is 10.0 Å². The van der Waals surface area contributed by atoms with Crippen molar-refractivity contribution in [2.45, 2.75) is 49.7 Å². The van der Waals surface area contributed by atoms with E-state index in [2.05, 4.69) is 35.1 Å². The molecule has 1 N–H and O–H groups in total.